The lowest BCUT2D eigenvalue weighted by atomic mass is 10.1. The summed E-state index contributed by atoms with van der Waals surface area (Å²) in [5, 5.41) is 3.14. The molecule has 0 aromatic rings. The SMILES string of the molecule is CCC1=CC(CNC(=O)OC(C)(C)C)=NC(Cl)=CC1. The Morgan fingerprint density at radius 1 is 1.53 bits per heavy atom. The molecule has 0 saturated carbocycles. The molecule has 0 spiro atoms. The molecular formula is C14H21ClN2O2. The molecule has 0 radical (unpaired) electrons. The highest BCUT2D eigenvalue weighted by Gasteiger charge is 2.16. The van der Waals surface area contributed by atoms with Gasteiger partial charge in [0.05, 0.1) is 12.3 Å². The maximum atomic E-state index is 11.6. The normalized spacial score (nSPS) is 15.9. The van der Waals surface area contributed by atoms with Crippen molar-refractivity contribution in [3.63, 3.8) is 0 Å². The number of hydrogen-bond acceptors (Lipinski definition) is 3. The Labute approximate surface area is 119 Å². The number of ether oxygens (including phenoxy) is 1. The van der Waals surface area contributed by atoms with Crippen LogP contribution in [-0.4, -0.2) is 24.0 Å². The Morgan fingerprint density at radius 2 is 2.21 bits per heavy atom. The minimum absolute atomic E-state index is 0.308. The zero-order valence-electron chi connectivity index (χ0n) is 11.9. The van der Waals surface area contributed by atoms with E-state index in [0.717, 1.165) is 18.6 Å². The highest BCUT2D eigenvalue weighted by molar-refractivity contribution is 6.30. The van der Waals surface area contributed by atoms with Crippen molar-refractivity contribution in [2.45, 2.75) is 46.1 Å². The van der Waals surface area contributed by atoms with Crippen LogP contribution in [0.5, 0.6) is 0 Å². The van der Waals surface area contributed by atoms with E-state index in [9.17, 15) is 4.79 Å². The third-order valence-electron chi connectivity index (χ3n) is 2.42. The molecular weight excluding hydrogens is 264 g/mol. The third kappa shape index (κ3) is 6.43. The van der Waals surface area contributed by atoms with Gasteiger partial charge in [0.25, 0.3) is 0 Å². The fraction of sp³-hybridized carbons (Fsp3) is 0.571. The molecule has 19 heavy (non-hydrogen) atoms. The van der Waals surface area contributed by atoms with Crippen molar-refractivity contribution in [2.24, 2.45) is 4.99 Å². The molecule has 0 fully saturated rings. The van der Waals surface area contributed by atoms with Gasteiger partial charge >= 0.3 is 6.09 Å². The molecule has 0 unspecified atom stereocenters. The van der Waals surface area contributed by atoms with Crippen molar-refractivity contribution in [1.29, 1.82) is 0 Å². The van der Waals surface area contributed by atoms with Gasteiger partial charge < -0.3 is 10.1 Å². The predicted molar refractivity (Wildman–Crippen MR) is 78.6 cm³/mol. The van der Waals surface area contributed by atoms with Crippen LogP contribution >= 0.6 is 11.6 Å². The number of hydrogen-bond donors (Lipinski definition) is 1. The molecule has 0 aromatic carbocycles. The lowest BCUT2D eigenvalue weighted by Crippen LogP contribution is -2.35. The molecule has 4 nitrogen and oxygen atoms in total. The number of rotatable bonds is 3. The first kappa shape index (κ1) is 15.8. The van der Waals surface area contributed by atoms with E-state index < -0.39 is 11.7 Å². The second-order valence-electron chi connectivity index (χ2n) is 5.35. The number of nitrogens with one attached hydrogen (secondary N) is 1. The van der Waals surface area contributed by atoms with E-state index in [-0.39, 0.29) is 0 Å². The number of carbonyl (C=O) groups excluding carboxylic acids is 1. The van der Waals surface area contributed by atoms with E-state index in [1.165, 1.54) is 5.57 Å². The highest BCUT2D eigenvalue weighted by atomic mass is 35.5. The van der Waals surface area contributed by atoms with Gasteiger partial charge in [-0.1, -0.05) is 24.1 Å². The quantitative estimate of drug-likeness (QED) is 0.802. The Morgan fingerprint density at radius 3 is 2.79 bits per heavy atom. The predicted octanol–water partition coefficient (Wildman–Crippen LogP) is 3.77. The molecule has 1 N–H and O–H groups in total. The summed E-state index contributed by atoms with van der Waals surface area (Å²) in [5.74, 6) is 0. The van der Waals surface area contributed by atoms with Crippen LogP contribution in [-0.2, 0) is 4.74 Å². The molecule has 1 amide bonds. The van der Waals surface area contributed by atoms with Gasteiger partial charge in [0.1, 0.15) is 10.8 Å². The van der Waals surface area contributed by atoms with Crippen LogP contribution in [0.2, 0.25) is 0 Å². The number of amides is 1. The molecule has 0 bridgehead atoms. The average molecular weight is 285 g/mol. The Kier molecular flexibility index (Phi) is 5.60. The van der Waals surface area contributed by atoms with Crippen molar-refractivity contribution in [1.82, 2.24) is 5.32 Å². The number of alkyl carbamates (subject to hydrolysis) is 1. The van der Waals surface area contributed by atoms with E-state index >= 15 is 0 Å². The van der Waals surface area contributed by atoms with Crippen LogP contribution in [0.1, 0.15) is 40.5 Å². The molecule has 1 aliphatic rings. The van der Waals surface area contributed by atoms with Crippen molar-refractivity contribution in [3.05, 3.63) is 22.9 Å². The number of carbonyl (C=O) groups is 1. The van der Waals surface area contributed by atoms with Crippen LogP contribution in [0.15, 0.2) is 27.9 Å². The second kappa shape index (κ2) is 6.75. The van der Waals surface area contributed by atoms with Gasteiger partial charge in [-0.3, -0.25) is 0 Å². The third-order valence-corrected chi connectivity index (χ3v) is 2.66. The van der Waals surface area contributed by atoms with Gasteiger partial charge in [-0.2, -0.15) is 0 Å². The Hall–Kier alpha value is -1.29. The number of aliphatic imine (C=N–C) groups is 1. The van der Waals surface area contributed by atoms with Gasteiger partial charge in [0, 0.05) is 0 Å². The van der Waals surface area contributed by atoms with Crippen LogP contribution in [0.25, 0.3) is 0 Å². The van der Waals surface area contributed by atoms with E-state index in [1.54, 1.807) is 0 Å². The Bertz CT molecular complexity index is 431. The molecule has 0 saturated heterocycles. The topological polar surface area (TPSA) is 50.7 Å². The fourth-order valence-corrected chi connectivity index (χ4v) is 1.72. The summed E-state index contributed by atoms with van der Waals surface area (Å²) in [4.78, 5) is 15.8. The van der Waals surface area contributed by atoms with E-state index in [4.69, 9.17) is 16.3 Å². The van der Waals surface area contributed by atoms with E-state index in [0.29, 0.717) is 11.7 Å². The standard InChI is InChI=1S/C14H21ClN2O2/c1-5-10-6-7-12(15)17-11(8-10)9-16-13(18)19-14(2,3)4/h7-8H,5-6,9H2,1-4H3,(H,16,18). The van der Waals surface area contributed by atoms with Crippen LogP contribution in [0, 0.1) is 0 Å². The molecule has 0 aromatic heterocycles. The van der Waals surface area contributed by atoms with Gasteiger partial charge in [-0.05, 0) is 45.8 Å². The summed E-state index contributed by atoms with van der Waals surface area (Å²) in [6, 6.07) is 0. The summed E-state index contributed by atoms with van der Waals surface area (Å²) >= 11 is 5.96. The first-order valence-electron chi connectivity index (χ1n) is 6.39. The van der Waals surface area contributed by atoms with Crippen LogP contribution in [0.4, 0.5) is 4.79 Å². The minimum atomic E-state index is -0.503. The van der Waals surface area contributed by atoms with Crippen LogP contribution in [0.3, 0.4) is 0 Å². The zero-order valence-corrected chi connectivity index (χ0v) is 12.7. The van der Waals surface area contributed by atoms with E-state index in [1.807, 2.05) is 32.9 Å². The molecule has 5 heteroatoms. The molecule has 1 heterocycles. The van der Waals surface area contributed by atoms with Gasteiger partial charge in [0.2, 0.25) is 0 Å². The summed E-state index contributed by atoms with van der Waals surface area (Å²) < 4.78 is 5.17. The largest absolute Gasteiger partial charge is 0.444 e. The van der Waals surface area contributed by atoms with Gasteiger partial charge in [0.15, 0.2) is 0 Å². The van der Waals surface area contributed by atoms with Crippen molar-refractivity contribution in [3.8, 4) is 0 Å². The van der Waals surface area contributed by atoms with Crippen LogP contribution < -0.4 is 5.32 Å². The van der Waals surface area contributed by atoms with Crippen molar-refractivity contribution >= 4 is 23.4 Å². The highest BCUT2D eigenvalue weighted by Crippen LogP contribution is 2.17. The minimum Gasteiger partial charge on any atom is -0.444 e. The summed E-state index contributed by atoms with van der Waals surface area (Å²) in [6.45, 7) is 7.86. The maximum absolute atomic E-state index is 11.6. The van der Waals surface area contributed by atoms with E-state index in [2.05, 4.69) is 17.2 Å². The summed E-state index contributed by atoms with van der Waals surface area (Å²) in [5.41, 5.74) is 1.47. The first-order chi connectivity index (χ1) is 8.80. The molecule has 106 valence electrons. The van der Waals surface area contributed by atoms with Crippen molar-refractivity contribution < 1.29 is 9.53 Å². The molecule has 0 aliphatic carbocycles. The number of allylic oxidation sites excluding steroid dienone is 2. The lowest BCUT2D eigenvalue weighted by Gasteiger charge is -2.19. The van der Waals surface area contributed by atoms with Crippen molar-refractivity contribution in [2.75, 3.05) is 6.54 Å². The Balaban J connectivity index is 2.60. The smallest absolute Gasteiger partial charge is 0.407 e. The fourth-order valence-electron chi connectivity index (χ4n) is 1.54. The average Bonchev–Trinajstić information content (AvgIpc) is 2.46. The zero-order chi connectivity index (χ0) is 14.5. The number of nitrogens with zero attached hydrogens (tertiary/aromatic N) is 1. The summed E-state index contributed by atoms with van der Waals surface area (Å²) in [6.07, 6.45) is 5.13. The van der Waals surface area contributed by atoms with Gasteiger partial charge in [-0.25, -0.2) is 9.79 Å². The van der Waals surface area contributed by atoms with Gasteiger partial charge in [-0.15, -0.1) is 0 Å². The first-order valence-corrected chi connectivity index (χ1v) is 6.77. The summed E-state index contributed by atoms with van der Waals surface area (Å²) in [7, 11) is 0. The lowest BCUT2D eigenvalue weighted by molar-refractivity contribution is 0.0536. The monoisotopic (exact) mass is 284 g/mol. The second-order valence-corrected chi connectivity index (χ2v) is 5.73. The molecule has 1 aliphatic heterocycles. The molecule has 0 atom stereocenters. The molecule has 1 rings (SSSR count). The maximum Gasteiger partial charge on any atom is 0.407 e. The number of halogens is 1.